The van der Waals surface area contributed by atoms with E-state index in [4.69, 9.17) is 5.10 Å². The summed E-state index contributed by atoms with van der Waals surface area (Å²) in [6, 6.07) is 14.0. The highest BCUT2D eigenvalue weighted by molar-refractivity contribution is 5.92. The molecule has 0 aliphatic carbocycles. The van der Waals surface area contributed by atoms with Gasteiger partial charge in [-0.15, -0.1) is 0 Å². The number of carbonyl (C=O) groups excluding carboxylic acids is 1. The standard InChI is InChI=1S/C19H19N5O/c1-13(25)22-16-12-15(8-10-20-16)17-18(14-6-3-2-4-7-14)23-24-11-5-9-21-19(17)24/h2-4,6-8,10,12,21H,5,9,11H2,1H3,(H,20,22,25). The van der Waals surface area contributed by atoms with Gasteiger partial charge in [-0.05, 0) is 24.1 Å². The summed E-state index contributed by atoms with van der Waals surface area (Å²) in [5.74, 6) is 1.42. The van der Waals surface area contributed by atoms with Gasteiger partial charge in [-0.1, -0.05) is 30.3 Å². The number of amides is 1. The molecule has 1 amide bonds. The fourth-order valence-electron chi connectivity index (χ4n) is 3.15. The molecule has 2 N–H and O–H groups in total. The lowest BCUT2D eigenvalue weighted by molar-refractivity contribution is -0.114. The highest BCUT2D eigenvalue weighted by Crippen LogP contribution is 2.39. The van der Waals surface area contributed by atoms with Crippen molar-refractivity contribution in [2.75, 3.05) is 17.2 Å². The Bertz CT molecular complexity index is 917. The van der Waals surface area contributed by atoms with Crippen molar-refractivity contribution in [3.8, 4) is 22.4 Å². The zero-order valence-corrected chi connectivity index (χ0v) is 14.0. The Balaban J connectivity index is 1.88. The van der Waals surface area contributed by atoms with Crippen molar-refractivity contribution >= 4 is 17.5 Å². The summed E-state index contributed by atoms with van der Waals surface area (Å²) in [7, 11) is 0. The summed E-state index contributed by atoms with van der Waals surface area (Å²) in [6.07, 6.45) is 2.76. The number of nitrogens with one attached hydrogen (secondary N) is 2. The Morgan fingerprint density at radius 2 is 2.04 bits per heavy atom. The molecular formula is C19H19N5O. The summed E-state index contributed by atoms with van der Waals surface area (Å²) in [5.41, 5.74) is 4.03. The van der Waals surface area contributed by atoms with Crippen LogP contribution in [-0.4, -0.2) is 27.2 Å². The van der Waals surface area contributed by atoms with Crippen molar-refractivity contribution in [3.05, 3.63) is 48.7 Å². The largest absolute Gasteiger partial charge is 0.370 e. The van der Waals surface area contributed by atoms with Gasteiger partial charge >= 0.3 is 0 Å². The number of anilines is 2. The molecule has 0 bridgehead atoms. The minimum Gasteiger partial charge on any atom is -0.370 e. The Morgan fingerprint density at radius 1 is 1.20 bits per heavy atom. The summed E-state index contributed by atoms with van der Waals surface area (Å²) < 4.78 is 2.03. The number of hydrogen-bond donors (Lipinski definition) is 2. The van der Waals surface area contributed by atoms with Crippen LogP contribution in [0, 0.1) is 0 Å². The first-order chi connectivity index (χ1) is 12.2. The van der Waals surface area contributed by atoms with Gasteiger partial charge in [0, 0.05) is 31.8 Å². The maximum Gasteiger partial charge on any atom is 0.222 e. The maximum atomic E-state index is 11.4. The lowest BCUT2D eigenvalue weighted by Crippen LogP contribution is -2.17. The van der Waals surface area contributed by atoms with E-state index in [2.05, 4.69) is 27.8 Å². The van der Waals surface area contributed by atoms with Crippen LogP contribution in [0.2, 0.25) is 0 Å². The summed E-state index contributed by atoms with van der Waals surface area (Å²) in [6.45, 7) is 3.30. The molecule has 126 valence electrons. The summed E-state index contributed by atoms with van der Waals surface area (Å²) in [5, 5.41) is 11.1. The second kappa shape index (κ2) is 6.39. The molecule has 0 spiro atoms. The topological polar surface area (TPSA) is 71.8 Å². The van der Waals surface area contributed by atoms with Gasteiger partial charge in [-0.3, -0.25) is 4.79 Å². The van der Waals surface area contributed by atoms with Gasteiger partial charge in [-0.2, -0.15) is 5.10 Å². The molecule has 0 saturated carbocycles. The van der Waals surface area contributed by atoms with Gasteiger partial charge in [0.2, 0.25) is 5.91 Å². The van der Waals surface area contributed by atoms with E-state index in [9.17, 15) is 4.79 Å². The molecule has 6 nitrogen and oxygen atoms in total. The number of fused-ring (bicyclic) bond motifs is 1. The molecular weight excluding hydrogens is 314 g/mol. The van der Waals surface area contributed by atoms with Crippen LogP contribution in [0.4, 0.5) is 11.6 Å². The SMILES string of the molecule is CC(=O)Nc1cc(-c2c(-c3ccccc3)nn3c2NCCC3)ccn1. The summed E-state index contributed by atoms with van der Waals surface area (Å²) >= 11 is 0. The van der Waals surface area contributed by atoms with Crippen LogP contribution in [0.5, 0.6) is 0 Å². The van der Waals surface area contributed by atoms with Crippen molar-refractivity contribution in [1.29, 1.82) is 0 Å². The van der Waals surface area contributed by atoms with E-state index in [0.29, 0.717) is 5.82 Å². The Labute approximate surface area is 145 Å². The third-order valence-corrected chi connectivity index (χ3v) is 4.19. The number of hydrogen-bond acceptors (Lipinski definition) is 4. The Kier molecular flexibility index (Phi) is 3.93. The van der Waals surface area contributed by atoms with E-state index in [0.717, 1.165) is 47.7 Å². The lowest BCUT2D eigenvalue weighted by Gasteiger charge is -2.17. The van der Waals surface area contributed by atoms with Crippen molar-refractivity contribution < 1.29 is 4.79 Å². The fraction of sp³-hybridized carbons (Fsp3) is 0.211. The average Bonchev–Trinajstić information content (AvgIpc) is 3.02. The monoisotopic (exact) mass is 333 g/mol. The number of benzene rings is 1. The van der Waals surface area contributed by atoms with Crippen LogP contribution >= 0.6 is 0 Å². The van der Waals surface area contributed by atoms with Crippen molar-refractivity contribution in [3.63, 3.8) is 0 Å². The molecule has 0 saturated heterocycles. The summed E-state index contributed by atoms with van der Waals surface area (Å²) in [4.78, 5) is 15.6. The number of aromatic nitrogens is 3. The zero-order chi connectivity index (χ0) is 17.2. The minimum atomic E-state index is -0.136. The first-order valence-corrected chi connectivity index (χ1v) is 8.36. The van der Waals surface area contributed by atoms with Crippen LogP contribution in [-0.2, 0) is 11.3 Å². The molecule has 2 aromatic heterocycles. The lowest BCUT2D eigenvalue weighted by atomic mass is 10.0. The van der Waals surface area contributed by atoms with Crippen LogP contribution in [0.15, 0.2) is 48.7 Å². The van der Waals surface area contributed by atoms with Crippen molar-refractivity contribution in [2.45, 2.75) is 19.9 Å². The molecule has 4 rings (SSSR count). The third kappa shape index (κ3) is 2.98. The van der Waals surface area contributed by atoms with E-state index in [1.165, 1.54) is 6.92 Å². The van der Waals surface area contributed by atoms with E-state index in [-0.39, 0.29) is 5.91 Å². The van der Waals surface area contributed by atoms with E-state index >= 15 is 0 Å². The number of carbonyl (C=O) groups is 1. The van der Waals surface area contributed by atoms with E-state index < -0.39 is 0 Å². The maximum absolute atomic E-state index is 11.4. The molecule has 0 unspecified atom stereocenters. The molecule has 25 heavy (non-hydrogen) atoms. The second-order valence-corrected chi connectivity index (χ2v) is 6.05. The molecule has 1 aliphatic rings. The molecule has 1 aromatic carbocycles. The number of pyridine rings is 1. The number of nitrogens with zero attached hydrogens (tertiary/aromatic N) is 3. The van der Waals surface area contributed by atoms with Gasteiger partial charge in [-0.25, -0.2) is 9.67 Å². The molecule has 0 fully saturated rings. The normalized spacial score (nSPS) is 13.0. The third-order valence-electron chi connectivity index (χ3n) is 4.19. The fourth-order valence-corrected chi connectivity index (χ4v) is 3.15. The first kappa shape index (κ1) is 15.4. The minimum absolute atomic E-state index is 0.136. The molecule has 1 aliphatic heterocycles. The van der Waals surface area contributed by atoms with Crippen LogP contribution in [0.1, 0.15) is 13.3 Å². The number of rotatable bonds is 3. The van der Waals surface area contributed by atoms with Crippen LogP contribution < -0.4 is 10.6 Å². The van der Waals surface area contributed by atoms with Gasteiger partial charge in [0.25, 0.3) is 0 Å². The second-order valence-electron chi connectivity index (χ2n) is 6.05. The molecule has 6 heteroatoms. The van der Waals surface area contributed by atoms with Crippen molar-refractivity contribution in [1.82, 2.24) is 14.8 Å². The van der Waals surface area contributed by atoms with Gasteiger partial charge in [0.1, 0.15) is 17.3 Å². The predicted molar refractivity (Wildman–Crippen MR) is 98.3 cm³/mol. The van der Waals surface area contributed by atoms with Gasteiger partial charge in [0.15, 0.2) is 0 Å². The predicted octanol–water partition coefficient (Wildman–Crippen LogP) is 3.39. The van der Waals surface area contributed by atoms with Crippen molar-refractivity contribution in [2.24, 2.45) is 0 Å². The van der Waals surface area contributed by atoms with Gasteiger partial charge in [0.05, 0.1) is 5.56 Å². The molecule has 3 heterocycles. The highest BCUT2D eigenvalue weighted by Gasteiger charge is 2.22. The first-order valence-electron chi connectivity index (χ1n) is 8.36. The quantitative estimate of drug-likeness (QED) is 0.771. The van der Waals surface area contributed by atoms with E-state index in [1.54, 1.807) is 6.20 Å². The molecule has 3 aromatic rings. The Morgan fingerprint density at radius 3 is 2.84 bits per heavy atom. The Hall–Kier alpha value is -3.15. The smallest absolute Gasteiger partial charge is 0.222 e. The van der Waals surface area contributed by atoms with Gasteiger partial charge < -0.3 is 10.6 Å². The average molecular weight is 333 g/mol. The van der Waals surface area contributed by atoms with E-state index in [1.807, 2.05) is 35.0 Å². The molecule has 0 atom stereocenters. The number of aryl methyl sites for hydroxylation is 1. The van der Waals surface area contributed by atoms with Crippen LogP contribution in [0.25, 0.3) is 22.4 Å². The molecule has 0 radical (unpaired) electrons. The zero-order valence-electron chi connectivity index (χ0n) is 14.0. The van der Waals surface area contributed by atoms with Crippen LogP contribution in [0.3, 0.4) is 0 Å². The highest BCUT2D eigenvalue weighted by atomic mass is 16.1.